The third-order valence-electron chi connectivity index (χ3n) is 2.98. The van der Waals surface area contributed by atoms with Crippen molar-refractivity contribution in [3.63, 3.8) is 0 Å². The molecule has 0 saturated carbocycles. The zero-order valence-corrected chi connectivity index (χ0v) is 12.1. The monoisotopic (exact) mass is 300 g/mol. The Kier molecular flexibility index (Phi) is 4.91. The molecule has 1 aromatic carbocycles. The SMILES string of the molecule is C=C(C(=O)OCC)C(O)c1cc(=O)cc(-c2ccccc2)o1. The fourth-order valence-electron chi connectivity index (χ4n) is 1.88. The smallest absolute Gasteiger partial charge is 0.336 e. The van der Waals surface area contributed by atoms with Crippen molar-refractivity contribution in [2.24, 2.45) is 0 Å². The molecule has 1 aromatic heterocycles. The zero-order valence-electron chi connectivity index (χ0n) is 12.1. The molecule has 0 spiro atoms. The number of rotatable bonds is 5. The maximum absolute atomic E-state index is 11.8. The van der Waals surface area contributed by atoms with Crippen LogP contribution in [0, 0.1) is 0 Å². The van der Waals surface area contributed by atoms with E-state index in [0.29, 0.717) is 11.3 Å². The molecule has 5 nitrogen and oxygen atoms in total. The van der Waals surface area contributed by atoms with Crippen LogP contribution in [-0.2, 0) is 9.53 Å². The van der Waals surface area contributed by atoms with Crippen molar-refractivity contribution in [2.75, 3.05) is 6.61 Å². The van der Waals surface area contributed by atoms with Crippen molar-refractivity contribution < 1.29 is 19.1 Å². The van der Waals surface area contributed by atoms with Gasteiger partial charge in [-0.2, -0.15) is 0 Å². The van der Waals surface area contributed by atoms with E-state index in [-0.39, 0.29) is 23.4 Å². The summed E-state index contributed by atoms with van der Waals surface area (Å²) in [4.78, 5) is 23.4. The Balaban J connectivity index is 2.36. The molecule has 1 heterocycles. The molecule has 0 saturated heterocycles. The van der Waals surface area contributed by atoms with Gasteiger partial charge in [-0.1, -0.05) is 36.9 Å². The summed E-state index contributed by atoms with van der Waals surface area (Å²) < 4.78 is 10.3. The molecule has 2 aromatic rings. The Bertz CT molecular complexity index is 730. The number of hydrogen-bond donors (Lipinski definition) is 1. The Morgan fingerprint density at radius 3 is 2.64 bits per heavy atom. The quantitative estimate of drug-likeness (QED) is 0.678. The van der Waals surface area contributed by atoms with Crippen LogP contribution in [0.15, 0.2) is 63.8 Å². The van der Waals surface area contributed by atoms with Gasteiger partial charge in [0.15, 0.2) is 5.43 Å². The fraction of sp³-hybridized carbons (Fsp3) is 0.176. The fourth-order valence-corrected chi connectivity index (χ4v) is 1.88. The second-order valence-corrected chi connectivity index (χ2v) is 4.57. The van der Waals surface area contributed by atoms with Crippen LogP contribution in [0.2, 0.25) is 0 Å². The van der Waals surface area contributed by atoms with E-state index < -0.39 is 12.1 Å². The Labute approximate surface area is 127 Å². The van der Waals surface area contributed by atoms with Gasteiger partial charge in [-0.05, 0) is 6.92 Å². The molecule has 0 radical (unpaired) electrons. The van der Waals surface area contributed by atoms with Crippen molar-refractivity contribution in [3.05, 3.63) is 70.6 Å². The highest BCUT2D eigenvalue weighted by atomic mass is 16.5. The van der Waals surface area contributed by atoms with Gasteiger partial charge >= 0.3 is 5.97 Å². The molecule has 22 heavy (non-hydrogen) atoms. The van der Waals surface area contributed by atoms with Crippen LogP contribution in [0.1, 0.15) is 18.8 Å². The van der Waals surface area contributed by atoms with Gasteiger partial charge in [-0.25, -0.2) is 4.79 Å². The van der Waals surface area contributed by atoms with Gasteiger partial charge in [0.2, 0.25) is 0 Å². The molecule has 0 amide bonds. The molecular formula is C17H16O5. The number of esters is 1. The summed E-state index contributed by atoms with van der Waals surface area (Å²) in [6.45, 7) is 5.31. The lowest BCUT2D eigenvalue weighted by Gasteiger charge is -2.13. The van der Waals surface area contributed by atoms with Crippen molar-refractivity contribution in [1.29, 1.82) is 0 Å². The third kappa shape index (κ3) is 3.51. The maximum Gasteiger partial charge on any atom is 0.336 e. The third-order valence-corrected chi connectivity index (χ3v) is 2.98. The number of aliphatic hydroxyl groups excluding tert-OH is 1. The molecule has 0 aliphatic carbocycles. The molecule has 2 rings (SSSR count). The number of hydrogen-bond acceptors (Lipinski definition) is 5. The minimum absolute atomic E-state index is 0.0515. The van der Waals surface area contributed by atoms with Gasteiger partial charge in [-0.3, -0.25) is 4.79 Å². The van der Waals surface area contributed by atoms with E-state index in [1.807, 2.05) is 6.07 Å². The van der Waals surface area contributed by atoms with Crippen LogP contribution in [0.5, 0.6) is 0 Å². The maximum atomic E-state index is 11.8. The van der Waals surface area contributed by atoms with Crippen LogP contribution in [0.3, 0.4) is 0 Å². The van der Waals surface area contributed by atoms with Crippen molar-refractivity contribution in [1.82, 2.24) is 0 Å². The number of ether oxygens (including phenoxy) is 1. The van der Waals surface area contributed by atoms with Crippen molar-refractivity contribution in [3.8, 4) is 11.3 Å². The minimum Gasteiger partial charge on any atom is -0.463 e. The van der Waals surface area contributed by atoms with E-state index in [1.54, 1.807) is 31.2 Å². The Hall–Kier alpha value is -2.66. The summed E-state index contributed by atoms with van der Waals surface area (Å²) in [5.74, 6) is -0.481. The number of carbonyl (C=O) groups is 1. The first kappa shape index (κ1) is 15.7. The summed E-state index contributed by atoms with van der Waals surface area (Å²) in [6, 6.07) is 11.4. The predicted octanol–water partition coefficient (Wildman–Crippen LogP) is 2.46. The predicted molar refractivity (Wildman–Crippen MR) is 81.1 cm³/mol. The molecule has 1 atom stereocenters. The van der Waals surface area contributed by atoms with Crippen molar-refractivity contribution >= 4 is 5.97 Å². The van der Waals surface area contributed by atoms with Crippen molar-refractivity contribution in [2.45, 2.75) is 13.0 Å². The molecule has 0 aliphatic heterocycles. The lowest BCUT2D eigenvalue weighted by atomic mass is 10.1. The van der Waals surface area contributed by atoms with Gasteiger partial charge in [0, 0.05) is 17.7 Å². The average molecular weight is 300 g/mol. The van der Waals surface area contributed by atoms with E-state index in [9.17, 15) is 14.7 Å². The summed E-state index contributed by atoms with van der Waals surface area (Å²) in [7, 11) is 0. The molecule has 1 unspecified atom stereocenters. The highest BCUT2D eigenvalue weighted by Crippen LogP contribution is 2.25. The number of carbonyl (C=O) groups excluding carboxylic acids is 1. The van der Waals surface area contributed by atoms with Gasteiger partial charge in [0.25, 0.3) is 0 Å². The van der Waals surface area contributed by atoms with Gasteiger partial charge < -0.3 is 14.3 Å². The van der Waals surface area contributed by atoms with E-state index in [2.05, 4.69) is 6.58 Å². The molecule has 1 N–H and O–H groups in total. The Morgan fingerprint density at radius 1 is 1.32 bits per heavy atom. The first-order valence-corrected chi connectivity index (χ1v) is 6.77. The summed E-state index contributed by atoms with van der Waals surface area (Å²) in [5.41, 5.74) is 0.168. The van der Waals surface area contributed by atoms with E-state index in [0.717, 1.165) is 6.07 Å². The standard InChI is InChI=1S/C17H16O5/c1-3-21-17(20)11(2)16(19)15-10-13(18)9-14(22-15)12-7-5-4-6-8-12/h4-10,16,19H,2-3H2,1H3. The topological polar surface area (TPSA) is 76.7 Å². The van der Waals surface area contributed by atoms with Crippen LogP contribution < -0.4 is 5.43 Å². The summed E-state index contributed by atoms with van der Waals surface area (Å²) in [5, 5.41) is 10.1. The van der Waals surface area contributed by atoms with Crippen LogP contribution >= 0.6 is 0 Å². The number of benzene rings is 1. The molecule has 0 aliphatic rings. The average Bonchev–Trinajstić information content (AvgIpc) is 2.54. The van der Waals surface area contributed by atoms with E-state index in [4.69, 9.17) is 9.15 Å². The van der Waals surface area contributed by atoms with Crippen LogP contribution in [0.25, 0.3) is 11.3 Å². The molecular weight excluding hydrogens is 284 g/mol. The molecule has 0 fully saturated rings. The highest BCUT2D eigenvalue weighted by molar-refractivity contribution is 5.88. The summed E-state index contributed by atoms with van der Waals surface area (Å²) >= 11 is 0. The largest absolute Gasteiger partial charge is 0.463 e. The van der Waals surface area contributed by atoms with Crippen LogP contribution in [-0.4, -0.2) is 17.7 Å². The highest BCUT2D eigenvalue weighted by Gasteiger charge is 2.22. The van der Waals surface area contributed by atoms with Gasteiger partial charge in [0.1, 0.15) is 17.6 Å². The lowest BCUT2D eigenvalue weighted by molar-refractivity contribution is -0.139. The first-order valence-electron chi connectivity index (χ1n) is 6.77. The van der Waals surface area contributed by atoms with E-state index in [1.165, 1.54) is 6.07 Å². The van der Waals surface area contributed by atoms with Gasteiger partial charge in [-0.15, -0.1) is 0 Å². The lowest BCUT2D eigenvalue weighted by Crippen LogP contribution is -2.15. The van der Waals surface area contributed by atoms with Gasteiger partial charge in [0.05, 0.1) is 12.2 Å². The van der Waals surface area contributed by atoms with E-state index >= 15 is 0 Å². The van der Waals surface area contributed by atoms with Crippen LogP contribution in [0.4, 0.5) is 0 Å². The number of aliphatic hydroxyl groups is 1. The first-order chi connectivity index (χ1) is 10.5. The molecule has 114 valence electrons. The zero-order chi connectivity index (χ0) is 16.1. The second kappa shape index (κ2) is 6.87. The second-order valence-electron chi connectivity index (χ2n) is 4.57. The normalized spacial score (nSPS) is 11.7. The molecule has 5 heteroatoms. The summed E-state index contributed by atoms with van der Waals surface area (Å²) in [6.07, 6.45) is -1.43. The minimum atomic E-state index is -1.43. The Morgan fingerprint density at radius 2 is 2.00 bits per heavy atom. The molecule has 0 bridgehead atoms.